The lowest BCUT2D eigenvalue weighted by atomic mass is 9.79. The molecule has 1 aromatic heterocycles. The summed E-state index contributed by atoms with van der Waals surface area (Å²) in [5.74, 6) is -0.713. The molecule has 3 heterocycles. The Hall–Kier alpha value is -2.72. The van der Waals surface area contributed by atoms with Crippen molar-refractivity contribution in [1.29, 1.82) is 0 Å². The smallest absolute Gasteiger partial charge is 0.177 e. The van der Waals surface area contributed by atoms with Crippen LogP contribution in [-0.4, -0.2) is 29.2 Å². The number of nitrogens with zero attached hydrogens (tertiary/aromatic N) is 1. The van der Waals surface area contributed by atoms with Crippen molar-refractivity contribution in [3.63, 3.8) is 0 Å². The molecule has 0 spiro atoms. The third-order valence-corrected chi connectivity index (χ3v) is 6.52. The van der Waals surface area contributed by atoms with Gasteiger partial charge in [0.1, 0.15) is 5.92 Å². The molecule has 148 valence electrons. The Morgan fingerprint density at radius 3 is 2.66 bits per heavy atom. The molecule has 0 bridgehead atoms. The summed E-state index contributed by atoms with van der Waals surface area (Å²) in [5.41, 5.74) is 5.07. The molecule has 2 unspecified atom stereocenters. The maximum atomic E-state index is 13.6. The molecule has 1 N–H and O–H groups in total. The van der Waals surface area contributed by atoms with Crippen LogP contribution in [0.25, 0.3) is 10.9 Å². The summed E-state index contributed by atoms with van der Waals surface area (Å²) in [7, 11) is 0. The molecule has 0 amide bonds. The normalized spacial score (nSPS) is 21.1. The van der Waals surface area contributed by atoms with Crippen molar-refractivity contribution in [2.75, 3.05) is 13.1 Å². The summed E-state index contributed by atoms with van der Waals surface area (Å²) < 4.78 is 2.38. The number of nitrogens with one attached hydrogen (secondary N) is 1. The van der Waals surface area contributed by atoms with Crippen LogP contribution in [0.1, 0.15) is 57.8 Å². The number of hydrogen-bond donors (Lipinski definition) is 1. The number of carbonyl (C=O) groups excluding carboxylic acids is 2. The average Bonchev–Trinajstić information content (AvgIpc) is 2.90. The van der Waals surface area contributed by atoms with Gasteiger partial charge in [0.05, 0.1) is 11.6 Å². The topological polar surface area (TPSA) is 51.1 Å². The molecule has 5 rings (SSSR count). The summed E-state index contributed by atoms with van der Waals surface area (Å²) in [6.45, 7) is 4.02. The van der Waals surface area contributed by atoms with Crippen LogP contribution < -0.4 is 5.32 Å². The molecule has 0 fully saturated rings. The molecular weight excluding hydrogens is 360 g/mol. The fraction of sp³-hybridized carbons (Fsp3) is 0.360. The molecule has 29 heavy (non-hydrogen) atoms. The predicted octanol–water partition coefficient (Wildman–Crippen LogP) is 4.37. The number of benzene rings is 2. The Balaban J connectivity index is 1.75. The summed E-state index contributed by atoms with van der Waals surface area (Å²) in [4.78, 5) is 27.2. The maximum Gasteiger partial charge on any atom is 0.177 e. The van der Waals surface area contributed by atoms with E-state index >= 15 is 0 Å². The van der Waals surface area contributed by atoms with Crippen molar-refractivity contribution < 1.29 is 9.59 Å². The Kier molecular flexibility index (Phi) is 4.59. The highest BCUT2D eigenvalue weighted by molar-refractivity contribution is 6.21. The molecule has 0 aliphatic carbocycles. The fourth-order valence-corrected chi connectivity index (χ4v) is 5.30. The van der Waals surface area contributed by atoms with E-state index < -0.39 is 5.92 Å². The van der Waals surface area contributed by atoms with Gasteiger partial charge in [0.2, 0.25) is 0 Å². The lowest BCUT2D eigenvalue weighted by Crippen LogP contribution is -2.38. The largest absolute Gasteiger partial charge is 0.339 e. The first-order valence-corrected chi connectivity index (χ1v) is 10.7. The van der Waals surface area contributed by atoms with Crippen molar-refractivity contribution in [2.24, 2.45) is 5.92 Å². The zero-order valence-electron chi connectivity index (χ0n) is 16.8. The number of rotatable bonds is 4. The van der Waals surface area contributed by atoms with Crippen molar-refractivity contribution in [2.45, 2.75) is 38.6 Å². The summed E-state index contributed by atoms with van der Waals surface area (Å²) in [5, 5.41) is 4.69. The first-order valence-electron chi connectivity index (χ1n) is 10.7. The number of Topliss-reactive ketones (excluding diaryl/α,β-unsaturated/α-hetero) is 2. The number of ketones is 2. The van der Waals surface area contributed by atoms with Crippen LogP contribution in [0.5, 0.6) is 0 Å². The predicted molar refractivity (Wildman–Crippen MR) is 115 cm³/mol. The van der Waals surface area contributed by atoms with Gasteiger partial charge in [-0.05, 0) is 31.0 Å². The molecule has 2 aliphatic heterocycles. The first kappa shape index (κ1) is 18.3. The first-order chi connectivity index (χ1) is 14.2. The van der Waals surface area contributed by atoms with Gasteiger partial charge in [-0.15, -0.1) is 0 Å². The average molecular weight is 386 g/mol. The summed E-state index contributed by atoms with van der Waals surface area (Å²) in [6.07, 6.45) is 3.66. The number of carbonyl (C=O) groups is 2. The molecular formula is C25H26N2O2. The molecule has 2 aliphatic rings. The minimum atomic E-state index is -0.650. The van der Waals surface area contributed by atoms with Gasteiger partial charge < -0.3 is 9.88 Å². The van der Waals surface area contributed by atoms with Crippen molar-refractivity contribution in [3.05, 3.63) is 70.9 Å². The van der Waals surface area contributed by atoms with Crippen LogP contribution in [0.15, 0.2) is 48.5 Å². The van der Waals surface area contributed by atoms with Gasteiger partial charge >= 0.3 is 0 Å². The quantitative estimate of drug-likeness (QED) is 0.535. The summed E-state index contributed by atoms with van der Waals surface area (Å²) >= 11 is 0. The van der Waals surface area contributed by atoms with E-state index in [1.165, 1.54) is 16.6 Å². The Morgan fingerprint density at radius 2 is 1.86 bits per heavy atom. The standard InChI is InChI=1S/C25H26N2O2/c1-2-7-21-22(24(28)16-8-4-3-5-9-16)25(29)19-11-6-10-18-17-12-14-26-15-13-20(17)27(21)23(18)19/h3-6,8-11,21-22,26H,2,7,12-15H2,1H3. The Labute approximate surface area is 170 Å². The highest BCUT2D eigenvalue weighted by Gasteiger charge is 2.43. The van der Waals surface area contributed by atoms with Gasteiger partial charge in [-0.25, -0.2) is 0 Å². The van der Waals surface area contributed by atoms with E-state index in [9.17, 15) is 9.59 Å². The van der Waals surface area contributed by atoms with Crippen molar-refractivity contribution >= 4 is 22.5 Å². The van der Waals surface area contributed by atoms with Gasteiger partial charge in [-0.1, -0.05) is 55.8 Å². The van der Waals surface area contributed by atoms with E-state index in [2.05, 4.69) is 22.9 Å². The van der Waals surface area contributed by atoms with Gasteiger partial charge in [-0.3, -0.25) is 9.59 Å². The molecule has 4 heteroatoms. The monoisotopic (exact) mass is 386 g/mol. The van der Waals surface area contributed by atoms with Gasteiger partial charge in [0.25, 0.3) is 0 Å². The lowest BCUT2D eigenvalue weighted by molar-refractivity contribution is 0.0741. The van der Waals surface area contributed by atoms with Crippen LogP contribution in [0.4, 0.5) is 0 Å². The molecule has 4 nitrogen and oxygen atoms in total. The molecule has 2 aromatic carbocycles. The molecule has 3 aromatic rings. The zero-order chi connectivity index (χ0) is 20.0. The number of aromatic nitrogens is 1. The minimum absolute atomic E-state index is 0.0128. The van der Waals surface area contributed by atoms with E-state index in [1.807, 2.05) is 42.5 Å². The van der Waals surface area contributed by atoms with Crippen LogP contribution in [0, 0.1) is 5.92 Å². The Morgan fingerprint density at radius 1 is 1.07 bits per heavy atom. The SMILES string of the molecule is CCCC1C(C(=O)c2ccccc2)C(=O)c2cccc3c4c(n1c23)CCNCC4. The van der Waals surface area contributed by atoms with Gasteiger partial charge in [-0.2, -0.15) is 0 Å². The second-order valence-corrected chi connectivity index (χ2v) is 8.18. The number of hydrogen-bond acceptors (Lipinski definition) is 3. The zero-order valence-corrected chi connectivity index (χ0v) is 16.8. The third-order valence-electron chi connectivity index (χ3n) is 6.52. The second kappa shape index (κ2) is 7.27. The maximum absolute atomic E-state index is 13.6. The second-order valence-electron chi connectivity index (χ2n) is 8.18. The molecule has 2 atom stereocenters. The fourth-order valence-electron chi connectivity index (χ4n) is 5.30. The van der Waals surface area contributed by atoms with Gasteiger partial charge in [0.15, 0.2) is 11.6 Å². The van der Waals surface area contributed by atoms with E-state index in [0.29, 0.717) is 11.1 Å². The van der Waals surface area contributed by atoms with Crippen LogP contribution >= 0.6 is 0 Å². The van der Waals surface area contributed by atoms with Crippen LogP contribution in [0.3, 0.4) is 0 Å². The van der Waals surface area contributed by atoms with Crippen molar-refractivity contribution in [1.82, 2.24) is 9.88 Å². The van der Waals surface area contributed by atoms with Crippen molar-refractivity contribution in [3.8, 4) is 0 Å². The summed E-state index contributed by atoms with van der Waals surface area (Å²) in [6, 6.07) is 15.2. The third kappa shape index (κ3) is 2.77. The number of fused-ring (bicyclic) bond motifs is 3. The molecule has 0 saturated heterocycles. The van der Waals surface area contributed by atoms with E-state index in [0.717, 1.165) is 44.3 Å². The van der Waals surface area contributed by atoms with E-state index in [-0.39, 0.29) is 17.6 Å². The Bertz CT molecular complexity index is 1100. The van der Waals surface area contributed by atoms with E-state index in [1.54, 1.807) is 0 Å². The molecule has 0 radical (unpaired) electrons. The highest BCUT2D eigenvalue weighted by Crippen LogP contribution is 2.43. The minimum Gasteiger partial charge on any atom is -0.339 e. The van der Waals surface area contributed by atoms with E-state index in [4.69, 9.17) is 0 Å². The lowest BCUT2D eigenvalue weighted by Gasteiger charge is -2.33. The van der Waals surface area contributed by atoms with Gasteiger partial charge in [0, 0.05) is 35.2 Å². The number of para-hydroxylation sites is 1. The highest BCUT2D eigenvalue weighted by atomic mass is 16.2. The van der Waals surface area contributed by atoms with Crippen LogP contribution in [0.2, 0.25) is 0 Å². The van der Waals surface area contributed by atoms with Crippen LogP contribution in [-0.2, 0) is 12.8 Å². The molecule has 0 saturated carbocycles.